The Bertz CT molecular complexity index is 757. The Morgan fingerprint density at radius 2 is 1.92 bits per heavy atom. The van der Waals surface area contributed by atoms with Gasteiger partial charge in [-0.25, -0.2) is 0 Å². The molecule has 2 heterocycles. The summed E-state index contributed by atoms with van der Waals surface area (Å²) in [6.45, 7) is 1.75. The van der Waals surface area contributed by atoms with Gasteiger partial charge in [0, 0.05) is 24.1 Å². The number of piperidine rings is 1. The first-order chi connectivity index (χ1) is 12.1. The van der Waals surface area contributed by atoms with Crippen LogP contribution in [0.2, 0.25) is 0 Å². The molecule has 140 valence electrons. The van der Waals surface area contributed by atoms with Crippen molar-refractivity contribution in [3.05, 3.63) is 51.7 Å². The van der Waals surface area contributed by atoms with Gasteiger partial charge in [-0.3, -0.25) is 9.69 Å². The van der Waals surface area contributed by atoms with E-state index in [0.717, 1.165) is 48.5 Å². The van der Waals surface area contributed by atoms with E-state index in [1.54, 1.807) is 0 Å². The SMILES string of the molecule is Cl.Nc1cccc2c1C[C@@H](O)[C@H](N1CCC(C(=O)c3cccs3)CC1)C2. The summed E-state index contributed by atoms with van der Waals surface area (Å²) in [6.07, 6.45) is 2.83. The number of thiophene rings is 1. The van der Waals surface area contributed by atoms with E-state index in [-0.39, 0.29) is 36.3 Å². The molecule has 1 aliphatic carbocycles. The molecule has 0 spiro atoms. The van der Waals surface area contributed by atoms with E-state index < -0.39 is 0 Å². The summed E-state index contributed by atoms with van der Waals surface area (Å²) in [6, 6.07) is 10.0. The van der Waals surface area contributed by atoms with Crippen molar-refractivity contribution in [1.29, 1.82) is 0 Å². The topological polar surface area (TPSA) is 66.6 Å². The number of carbonyl (C=O) groups is 1. The molecule has 6 heteroatoms. The summed E-state index contributed by atoms with van der Waals surface area (Å²) in [5.74, 6) is 0.413. The van der Waals surface area contributed by atoms with Gasteiger partial charge in [0.25, 0.3) is 0 Å². The van der Waals surface area contributed by atoms with Crippen molar-refractivity contribution >= 4 is 35.2 Å². The molecule has 1 aromatic carbocycles. The zero-order chi connectivity index (χ0) is 17.4. The number of Topliss-reactive ketones (excluding diaryl/α,β-unsaturated/α-hetero) is 1. The van der Waals surface area contributed by atoms with Crippen LogP contribution in [-0.4, -0.2) is 41.0 Å². The van der Waals surface area contributed by atoms with Crippen molar-refractivity contribution in [2.24, 2.45) is 5.92 Å². The number of anilines is 1. The van der Waals surface area contributed by atoms with Crippen molar-refractivity contribution in [2.75, 3.05) is 18.8 Å². The average Bonchev–Trinajstić information content (AvgIpc) is 3.16. The van der Waals surface area contributed by atoms with E-state index in [9.17, 15) is 9.90 Å². The van der Waals surface area contributed by atoms with Crippen LogP contribution in [0.25, 0.3) is 0 Å². The minimum absolute atomic E-state index is 0. The summed E-state index contributed by atoms with van der Waals surface area (Å²) in [5, 5.41) is 12.6. The number of halogens is 1. The molecule has 4 nitrogen and oxygen atoms in total. The molecule has 1 saturated heterocycles. The number of nitrogens with two attached hydrogens (primary N) is 1. The van der Waals surface area contributed by atoms with E-state index in [1.807, 2.05) is 29.6 Å². The van der Waals surface area contributed by atoms with Crippen LogP contribution >= 0.6 is 23.7 Å². The summed E-state index contributed by atoms with van der Waals surface area (Å²) >= 11 is 1.53. The standard InChI is InChI=1S/C20H24N2O2S.ClH/c21-16-4-1-3-14-11-17(18(23)12-15(14)16)22-8-6-13(7-9-22)20(24)19-5-2-10-25-19;/h1-5,10,13,17-18,23H,6-9,11-12,21H2;1H/t17-,18-;/m1./s1. The normalized spacial score (nSPS) is 23.9. The lowest BCUT2D eigenvalue weighted by Crippen LogP contribution is -2.51. The minimum Gasteiger partial charge on any atom is -0.398 e. The summed E-state index contributed by atoms with van der Waals surface area (Å²) in [4.78, 5) is 15.8. The number of hydrogen-bond acceptors (Lipinski definition) is 5. The molecule has 2 atom stereocenters. The number of aliphatic hydroxyl groups excluding tert-OH is 1. The second kappa shape index (κ2) is 8.09. The van der Waals surface area contributed by atoms with Gasteiger partial charge in [0.05, 0.1) is 11.0 Å². The lowest BCUT2D eigenvalue weighted by molar-refractivity contribution is 0.0241. The van der Waals surface area contributed by atoms with Crippen molar-refractivity contribution in [3.8, 4) is 0 Å². The van der Waals surface area contributed by atoms with Crippen molar-refractivity contribution < 1.29 is 9.90 Å². The summed E-state index contributed by atoms with van der Waals surface area (Å²) in [7, 11) is 0. The first kappa shape index (κ1) is 19.4. The van der Waals surface area contributed by atoms with Gasteiger partial charge in [-0.15, -0.1) is 23.7 Å². The van der Waals surface area contributed by atoms with Crippen molar-refractivity contribution in [2.45, 2.75) is 37.8 Å². The number of likely N-dealkylation sites (tertiary alicyclic amines) is 1. The van der Waals surface area contributed by atoms with Gasteiger partial charge in [-0.05, 0) is 61.0 Å². The maximum Gasteiger partial charge on any atom is 0.175 e. The molecule has 0 saturated carbocycles. The van der Waals surface area contributed by atoms with E-state index in [1.165, 1.54) is 16.9 Å². The van der Waals surface area contributed by atoms with Crippen molar-refractivity contribution in [3.63, 3.8) is 0 Å². The molecule has 26 heavy (non-hydrogen) atoms. The Balaban J connectivity index is 0.00000196. The molecule has 2 aromatic rings. The number of carbonyl (C=O) groups excluding carboxylic acids is 1. The average molecular weight is 393 g/mol. The Labute approximate surface area is 164 Å². The lowest BCUT2D eigenvalue weighted by Gasteiger charge is -2.42. The largest absolute Gasteiger partial charge is 0.398 e. The first-order valence-electron chi connectivity index (χ1n) is 8.99. The van der Waals surface area contributed by atoms with Crippen LogP contribution in [0.1, 0.15) is 33.6 Å². The van der Waals surface area contributed by atoms with Gasteiger partial charge in [0.2, 0.25) is 0 Å². The molecule has 1 fully saturated rings. The third-order valence-electron chi connectivity index (χ3n) is 5.73. The van der Waals surface area contributed by atoms with Crippen LogP contribution in [0, 0.1) is 5.92 Å². The zero-order valence-corrected chi connectivity index (χ0v) is 16.3. The monoisotopic (exact) mass is 392 g/mol. The van der Waals surface area contributed by atoms with Crippen LogP contribution < -0.4 is 5.73 Å². The zero-order valence-electron chi connectivity index (χ0n) is 14.6. The quantitative estimate of drug-likeness (QED) is 0.622. The maximum atomic E-state index is 12.5. The van der Waals surface area contributed by atoms with Crippen LogP contribution in [0.4, 0.5) is 5.69 Å². The fraction of sp³-hybridized carbons (Fsp3) is 0.450. The predicted molar refractivity (Wildman–Crippen MR) is 108 cm³/mol. The van der Waals surface area contributed by atoms with E-state index in [2.05, 4.69) is 11.0 Å². The second-order valence-corrected chi connectivity index (χ2v) is 8.13. The maximum absolute atomic E-state index is 12.5. The lowest BCUT2D eigenvalue weighted by atomic mass is 9.82. The van der Waals surface area contributed by atoms with Crippen molar-refractivity contribution in [1.82, 2.24) is 4.90 Å². The fourth-order valence-corrected chi connectivity index (χ4v) is 5.03. The molecular formula is C20H25ClN2O2S. The molecular weight excluding hydrogens is 368 g/mol. The second-order valence-electron chi connectivity index (χ2n) is 7.18. The molecule has 1 aliphatic heterocycles. The number of benzene rings is 1. The van der Waals surface area contributed by atoms with Gasteiger partial charge in [-0.2, -0.15) is 0 Å². The van der Waals surface area contributed by atoms with Crippen LogP contribution in [-0.2, 0) is 12.8 Å². The highest BCUT2D eigenvalue weighted by molar-refractivity contribution is 7.12. The molecule has 0 amide bonds. The van der Waals surface area contributed by atoms with E-state index in [4.69, 9.17) is 5.73 Å². The smallest absolute Gasteiger partial charge is 0.175 e. The van der Waals surface area contributed by atoms with Crippen LogP contribution in [0.15, 0.2) is 35.7 Å². The predicted octanol–water partition coefficient (Wildman–Crippen LogP) is 3.18. The molecule has 0 radical (unpaired) electrons. The van der Waals surface area contributed by atoms with E-state index >= 15 is 0 Å². The third kappa shape index (κ3) is 3.67. The van der Waals surface area contributed by atoms with Gasteiger partial charge in [0.1, 0.15) is 0 Å². The first-order valence-corrected chi connectivity index (χ1v) is 9.87. The Hall–Kier alpha value is -1.40. The fourth-order valence-electron chi connectivity index (χ4n) is 4.29. The minimum atomic E-state index is -0.387. The number of ketones is 1. The Morgan fingerprint density at radius 3 is 2.62 bits per heavy atom. The van der Waals surface area contributed by atoms with Crippen LogP contribution in [0.5, 0.6) is 0 Å². The Kier molecular flexibility index (Phi) is 6.03. The van der Waals surface area contributed by atoms with E-state index in [0.29, 0.717) is 6.42 Å². The number of fused-ring (bicyclic) bond motifs is 1. The number of aliphatic hydroxyl groups is 1. The highest BCUT2D eigenvalue weighted by Gasteiger charge is 2.35. The Morgan fingerprint density at radius 1 is 1.15 bits per heavy atom. The highest BCUT2D eigenvalue weighted by Crippen LogP contribution is 2.32. The number of nitrogen functional groups attached to an aromatic ring is 1. The summed E-state index contributed by atoms with van der Waals surface area (Å²) in [5.41, 5.74) is 9.21. The molecule has 0 unspecified atom stereocenters. The van der Waals surface area contributed by atoms with Gasteiger partial charge >= 0.3 is 0 Å². The van der Waals surface area contributed by atoms with Gasteiger partial charge in [0.15, 0.2) is 5.78 Å². The van der Waals surface area contributed by atoms with Crippen LogP contribution in [0.3, 0.4) is 0 Å². The molecule has 3 N–H and O–H groups in total. The molecule has 2 aliphatic rings. The third-order valence-corrected chi connectivity index (χ3v) is 6.61. The van der Waals surface area contributed by atoms with Gasteiger partial charge in [-0.1, -0.05) is 18.2 Å². The summed E-state index contributed by atoms with van der Waals surface area (Å²) < 4.78 is 0. The molecule has 0 bridgehead atoms. The number of hydrogen-bond donors (Lipinski definition) is 2. The molecule has 1 aromatic heterocycles. The number of rotatable bonds is 3. The highest BCUT2D eigenvalue weighted by atomic mass is 35.5. The molecule has 4 rings (SSSR count). The van der Waals surface area contributed by atoms with Gasteiger partial charge < -0.3 is 10.8 Å². The number of nitrogens with zero attached hydrogens (tertiary/aromatic N) is 1.